The van der Waals surface area contributed by atoms with Crippen molar-refractivity contribution in [2.75, 3.05) is 0 Å². The first-order valence-corrected chi connectivity index (χ1v) is 7.39. The van der Waals surface area contributed by atoms with Crippen molar-refractivity contribution in [1.82, 2.24) is 20.2 Å². The van der Waals surface area contributed by atoms with Crippen molar-refractivity contribution in [3.05, 3.63) is 44.5 Å². The van der Waals surface area contributed by atoms with E-state index in [9.17, 15) is 0 Å². The number of hydrogen-bond acceptors (Lipinski definition) is 4. The Bertz CT molecular complexity index is 557. The molecule has 19 heavy (non-hydrogen) atoms. The second kappa shape index (κ2) is 6.65. The molecule has 0 spiro atoms. The summed E-state index contributed by atoms with van der Waals surface area (Å²) < 4.78 is 2.88. The van der Waals surface area contributed by atoms with Gasteiger partial charge < -0.3 is 0 Å². The maximum Gasteiger partial charge on any atom is 0.138 e. The van der Waals surface area contributed by atoms with Gasteiger partial charge >= 0.3 is 0 Å². The Morgan fingerprint density at radius 1 is 1.53 bits per heavy atom. The number of nitrogens with two attached hydrogens (primary N) is 1. The summed E-state index contributed by atoms with van der Waals surface area (Å²) in [7, 11) is 0. The summed E-state index contributed by atoms with van der Waals surface area (Å²) in [4.78, 5) is 4.26. The second-order valence-electron chi connectivity index (χ2n) is 4.09. The van der Waals surface area contributed by atoms with E-state index in [0.717, 1.165) is 26.5 Å². The number of rotatable bonds is 5. The van der Waals surface area contributed by atoms with Crippen LogP contribution in [0.4, 0.5) is 0 Å². The minimum Gasteiger partial charge on any atom is -0.271 e. The van der Waals surface area contributed by atoms with Crippen LogP contribution < -0.4 is 11.3 Å². The van der Waals surface area contributed by atoms with Gasteiger partial charge in [-0.15, -0.1) is 0 Å². The fourth-order valence-corrected chi connectivity index (χ4v) is 2.42. The first-order chi connectivity index (χ1) is 9.15. The van der Waals surface area contributed by atoms with Gasteiger partial charge in [0.25, 0.3) is 0 Å². The van der Waals surface area contributed by atoms with E-state index in [1.165, 1.54) is 0 Å². The summed E-state index contributed by atoms with van der Waals surface area (Å²) in [6.45, 7) is 2.82. The van der Waals surface area contributed by atoms with Crippen molar-refractivity contribution in [1.29, 1.82) is 0 Å². The summed E-state index contributed by atoms with van der Waals surface area (Å²) in [6, 6.07) is 5.89. The van der Waals surface area contributed by atoms with Gasteiger partial charge in [0.1, 0.15) is 12.2 Å². The molecule has 0 saturated heterocycles. The minimum absolute atomic E-state index is 0.0380. The number of nitrogens with one attached hydrogen (secondary N) is 1. The van der Waals surface area contributed by atoms with Crippen LogP contribution in [-0.4, -0.2) is 14.8 Å². The minimum atomic E-state index is -0.0380. The lowest BCUT2D eigenvalue weighted by Gasteiger charge is -2.16. The highest BCUT2D eigenvalue weighted by Crippen LogP contribution is 2.24. The van der Waals surface area contributed by atoms with Gasteiger partial charge in [-0.05, 0) is 47.2 Å². The third-order valence-corrected chi connectivity index (χ3v) is 4.50. The molecule has 5 nitrogen and oxygen atoms in total. The molecule has 0 aliphatic carbocycles. The molecule has 1 heterocycles. The van der Waals surface area contributed by atoms with Gasteiger partial charge in [0.2, 0.25) is 0 Å². The van der Waals surface area contributed by atoms with Gasteiger partial charge in [-0.2, -0.15) is 5.10 Å². The second-order valence-corrected chi connectivity index (χ2v) is 5.66. The topological polar surface area (TPSA) is 68.8 Å². The quantitative estimate of drug-likeness (QED) is 0.466. The number of aromatic nitrogens is 3. The fraction of sp³-hybridized carbons (Fsp3) is 0.333. The zero-order valence-electron chi connectivity index (χ0n) is 10.5. The summed E-state index contributed by atoms with van der Waals surface area (Å²) >= 11 is 8.35. The Balaban J connectivity index is 2.22. The standard InChI is InChI=1S/C12H15ClIN5/c1-2-19-12(16-7-17-19)6-11(18-15)8-3-4-10(14)9(13)5-8/h3-5,7,11,18H,2,6,15H2,1H3. The average molecular weight is 392 g/mol. The summed E-state index contributed by atoms with van der Waals surface area (Å²) in [6.07, 6.45) is 2.23. The molecule has 7 heteroatoms. The Morgan fingerprint density at radius 2 is 2.32 bits per heavy atom. The first kappa shape index (κ1) is 14.7. The van der Waals surface area contributed by atoms with Crippen molar-refractivity contribution in [3.63, 3.8) is 0 Å². The van der Waals surface area contributed by atoms with Crippen LogP contribution in [0.5, 0.6) is 0 Å². The van der Waals surface area contributed by atoms with E-state index in [0.29, 0.717) is 6.42 Å². The third kappa shape index (κ3) is 3.44. The Labute approximate surface area is 130 Å². The molecule has 0 radical (unpaired) electrons. The van der Waals surface area contributed by atoms with E-state index in [2.05, 4.69) is 38.1 Å². The number of hydrogen-bond donors (Lipinski definition) is 2. The average Bonchev–Trinajstić information content (AvgIpc) is 2.86. The molecule has 0 bridgehead atoms. The first-order valence-electron chi connectivity index (χ1n) is 5.93. The van der Waals surface area contributed by atoms with Crippen molar-refractivity contribution in [3.8, 4) is 0 Å². The molecule has 0 aliphatic heterocycles. The van der Waals surface area contributed by atoms with Crippen molar-refractivity contribution in [2.24, 2.45) is 5.84 Å². The molecule has 3 N–H and O–H groups in total. The van der Waals surface area contributed by atoms with Crippen LogP contribution in [0.2, 0.25) is 5.02 Å². The fourth-order valence-electron chi connectivity index (χ4n) is 1.90. The summed E-state index contributed by atoms with van der Waals surface area (Å²) in [5.41, 5.74) is 3.85. The molecule has 0 aliphatic rings. The SMILES string of the molecule is CCn1ncnc1CC(NN)c1ccc(I)c(Cl)c1. The highest BCUT2D eigenvalue weighted by molar-refractivity contribution is 14.1. The van der Waals surface area contributed by atoms with Crippen LogP contribution in [0.1, 0.15) is 24.4 Å². The van der Waals surface area contributed by atoms with Gasteiger partial charge in [0, 0.05) is 16.5 Å². The Hall–Kier alpha value is -0.700. The monoisotopic (exact) mass is 391 g/mol. The lowest BCUT2D eigenvalue weighted by Crippen LogP contribution is -2.30. The lowest BCUT2D eigenvalue weighted by atomic mass is 10.0. The largest absolute Gasteiger partial charge is 0.271 e. The molecule has 2 rings (SSSR count). The molecule has 1 unspecified atom stereocenters. The van der Waals surface area contributed by atoms with Crippen molar-refractivity contribution >= 4 is 34.2 Å². The van der Waals surface area contributed by atoms with Crippen LogP contribution >= 0.6 is 34.2 Å². The maximum atomic E-state index is 6.15. The van der Waals surface area contributed by atoms with Crippen molar-refractivity contribution < 1.29 is 0 Å². The van der Waals surface area contributed by atoms with Gasteiger partial charge in [-0.3, -0.25) is 16.0 Å². The van der Waals surface area contributed by atoms with Gasteiger partial charge in [-0.25, -0.2) is 4.98 Å². The number of benzene rings is 1. The van der Waals surface area contributed by atoms with Crippen molar-refractivity contribution in [2.45, 2.75) is 25.9 Å². The number of hydrazine groups is 1. The van der Waals surface area contributed by atoms with E-state index in [-0.39, 0.29) is 6.04 Å². The van der Waals surface area contributed by atoms with Crippen LogP contribution in [0.15, 0.2) is 24.5 Å². The third-order valence-electron chi connectivity index (χ3n) is 2.93. The van der Waals surface area contributed by atoms with E-state index in [1.54, 1.807) is 6.33 Å². The number of halogens is 2. The molecule has 0 fully saturated rings. The predicted molar refractivity (Wildman–Crippen MR) is 83.6 cm³/mol. The highest BCUT2D eigenvalue weighted by atomic mass is 127. The highest BCUT2D eigenvalue weighted by Gasteiger charge is 2.15. The molecular formula is C12H15ClIN5. The van der Waals surface area contributed by atoms with Crippen LogP contribution in [0.25, 0.3) is 0 Å². The Morgan fingerprint density at radius 3 is 2.95 bits per heavy atom. The van der Waals surface area contributed by atoms with E-state index < -0.39 is 0 Å². The normalized spacial score (nSPS) is 12.6. The molecule has 1 atom stereocenters. The lowest BCUT2D eigenvalue weighted by molar-refractivity contribution is 0.510. The van der Waals surface area contributed by atoms with Crippen LogP contribution in [0.3, 0.4) is 0 Å². The molecule has 102 valence electrons. The number of aryl methyl sites for hydroxylation is 1. The zero-order valence-corrected chi connectivity index (χ0v) is 13.4. The van der Waals surface area contributed by atoms with E-state index >= 15 is 0 Å². The molecule has 1 aromatic carbocycles. The zero-order chi connectivity index (χ0) is 13.8. The van der Waals surface area contributed by atoms with Gasteiger partial charge in [0.05, 0.1) is 11.1 Å². The van der Waals surface area contributed by atoms with Crippen LogP contribution in [-0.2, 0) is 13.0 Å². The number of nitrogens with zero attached hydrogens (tertiary/aromatic N) is 3. The Kier molecular flexibility index (Phi) is 5.14. The smallest absolute Gasteiger partial charge is 0.138 e. The summed E-state index contributed by atoms with van der Waals surface area (Å²) in [5.74, 6) is 6.55. The van der Waals surface area contributed by atoms with E-state index in [1.807, 2.05) is 29.8 Å². The van der Waals surface area contributed by atoms with E-state index in [4.69, 9.17) is 17.4 Å². The molecule has 2 aromatic rings. The molecule has 0 amide bonds. The predicted octanol–water partition coefficient (Wildman–Crippen LogP) is 2.30. The van der Waals surface area contributed by atoms with Gasteiger partial charge in [0.15, 0.2) is 0 Å². The summed E-state index contributed by atoms with van der Waals surface area (Å²) in [5, 5.41) is 4.89. The molecular weight excluding hydrogens is 377 g/mol. The molecule has 0 saturated carbocycles. The van der Waals surface area contributed by atoms with Gasteiger partial charge in [-0.1, -0.05) is 17.7 Å². The maximum absolute atomic E-state index is 6.15. The molecule has 1 aromatic heterocycles. The van der Waals surface area contributed by atoms with Crippen LogP contribution in [0, 0.1) is 3.57 Å².